The lowest BCUT2D eigenvalue weighted by Gasteiger charge is -2.38. The summed E-state index contributed by atoms with van der Waals surface area (Å²) in [4.78, 5) is 18.3. The fraction of sp³-hybridized carbons (Fsp3) is 0.480. The summed E-state index contributed by atoms with van der Waals surface area (Å²) >= 11 is 1.27. The molecule has 2 unspecified atom stereocenters. The minimum Gasteiger partial charge on any atom is -0.477 e. The summed E-state index contributed by atoms with van der Waals surface area (Å²) in [5.74, 6) is 0.562. The molecule has 1 N–H and O–H groups in total. The van der Waals surface area contributed by atoms with Crippen LogP contribution in [-0.4, -0.2) is 39.4 Å². The van der Waals surface area contributed by atoms with E-state index in [9.17, 15) is 9.90 Å². The lowest BCUT2D eigenvalue weighted by molar-refractivity contribution is 0.0147. The molecule has 3 aromatic rings. The van der Waals surface area contributed by atoms with E-state index in [1.165, 1.54) is 23.1 Å². The Bertz CT molecular complexity index is 1170. The molecule has 8 heteroatoms. The maximum Gasteiger partial charge on any atom is 0.347 e. The number of aromatic nitrogens is 2. The fourth-order valence-corrected chi connectivity index (χ4v) is 6.34. The number of benzene rings is 1. The zero-order chi connectivity index (χ0) is 22.5. The number of nitrogens with zero attached hydrogens (tertiary/aromatic N) is 3. The Balaban J connectivity index is 1.18. The molecule has 2 aliphatic heterocycles. The average Bonchev–Trinajstić information content (AvgIpc) is 3.26. The number of carboxylic acids is 1. The molecule has 172 valence electrons. The van der Waals surface area contributed by atoms with Crippen LogP contribution in [0.25, 0.3) is 11.3 Å². The molecular weight excluding hydrogens is 438 g/mol. The Morgan fingerprint density at radius 3 is 2.64 bits per heavy atom. The van der Waals surface area contributed by atoms with Gasteiger partial charge in [-0.05, 0) is 51.0 Å². The zero-order valence-corrected chi connectivity index (χ0v) is 19.4. The number of hydrogen-bond donors (Lipinski definition) is 1. The predicted octanol–water partition coefficient (Wildman–Crippen LogP) is 5.40. The van der Waals surface area contributed by atoms with E-state index in [0.29, 0.717) is 29.5 Å². The van der Waals surface area contributed by atoms with Crippen LogP contribution in [-0.2, 0) is 11.3 Å². The van der Waals surface area contributed by atoms with Gasteiger partial charge in [-0.3, -0.25) is 0 Å². The van der Waals surface area contributed by atoms with E-state index in [4.69, 9.17) is 9.26 Å². The van der Waals surface area contributed by atoms with Crippen LogP contribution < -0.4 is 4.90 Å². The topological polar surface area (TPSA) is 88.7 Å². The zero-order valence-electron chi connectivity index (χ0n) is 18.6. The van der Waals surface area contributed by atoms with Gasteiger partial charge in [0, 0.05) is 29.1 Å². The van der Waals surface area contributed by atoms with Crippen LogP contribution in [0.3, 0.4) is 0 Å². The molecule has 1 saturated carbocycles. The molecule has 2 saturated heterocycles. The van der Waals surface area contributed by atoms with Crippen molar-refractivity contribution < 1.29 is 19.2 Å². The van der Waals surface area contributed by atoms with Gasteiger partial charge < -0.3 is 19.3 Å². The van der Waals surface area contributed by atoms with Crippen molar-refractivity contribution in [3.63, 3.8) is 0 Å². The third-order valence-electron chi connectivity index (χ3n) is 7.25. The summed E-state index contributed by atoms with van der Waals surface area (Å²) in [7, 11) is 0. The Hall–Kier alpha value is -2.71. The number of aryl methyl sites for hydroxylation is 1. The number of carboxylic acid groups (broad SMARTS) is 1. The van der Waals surface area contributed by atoms with Crippen molar-refractivity contribution in [2.45, 2.75) is 76.2 Å². The first kappa shape index (κ1) is 20.9. The first-order valence-corrected chi connectivity index (χ1v) is 12.5. The van der Waals surface area contributed by atoms with Crippen molar-refractivity contribution in [3.8, 4) is 11.3 Å². The Labute approximate surface area is 196 Å². The van der Waals surface area contributed by atoms with E-state index < -0.39 is 5.97 Å². The Morgan fingerprint density at radius 1 is 1.21 bits per heavy atom. The highest BCUT2D eigenvalue weighted by molar-refractivity contribution is 7.17. The van der Waals surface area contributed by atoms with Crippen LogP contribution >= 0.6 is 11.3 Å². The first-order valence-electron chi connectivity index (χ1n) is 11.7. The van der Waals surface area contributed by atoms with Crippen LogP contribution in [0.15, 0.2) is 35.0 Å². The molecular formula is C25H27N3O4S. The molecule has 0 amide bonds. The average molecular weight is 466 g/mol. The molecule has 6 rings (SSSR count). The predicted molar refractivity (Wildman–Crippen MR) is 125 cm³/mol. The maximum atomic E-state index is 11.3. The van der Waals surface area contributed by atoms with Crippen molar-refractivity contribution in [2.24, 2.45) is 0 Å². The third kappa shape index (κ3) is 3.85. The lowest BCUT2D eigenvalue weighted by Crippen LogP contribution is -2.45. The van der Waals surface area contributed by atoms with Gasteiger partial charge in [-0.2, -0.15) is 0 Å². The first-order chi connectivity index (χ1) is 16.1. The van der Waals surface area contributed by atoms with Gasteiger partial charge in [0.05, 0.1) is 18.9 Å². The number of carbonyl (C=O) groups is 1. The minimum atomic E-state index is -0.908. The molecule has 7 nitrogen and oxygen atoms in total. The van der Waals surface area contributed by atoms with Crippen LogP contribution in [0.4, 0.5) is 5.13 Å². The number of ether oxygens (including phenoxy) is 1. The smallest absolute Gasteiger partial charge is 0.347 e. The van der Waals surface area contributed by atoms with Crippen LogP contribution in [0.5, 0.6) is 0 Å². The highest BCUT2D eigenvalue weighted by Gasteiger charge is 2.43. The number of anilines is 1. The van der Waals surface area contributed by atoms with Crippen LogP contribution in [0.2, 0.25) is 0 Å². The number of aromatic carboxylic acids is 1. The van der Waals surface area contributed by atoms with Gasteiger partial charge in [-0.1, -0.05) is 40.8 Å². The Morgan fingerprint density at radius 2 is 1.97 bits per heavy atom. The van der Waals surface area contributed by atoms with E-state index in [0.717, 1.165) is 66.2 Å². The van der Waals surface area contributed by atoms with Gasteiger partial charge in [0.25, 0.3) is 0 Å². The molecule has 1 aliphatic carbocycles. The molecule has 33 heavy (non-hydrogen) atoms. The monoisotopic (exact) mass is 465 g/mol. The molecule has 3 aliphatic rings. The second-order valence-corrected chi connectivity index (χ2v) is 10.5. The molecule has 4 heterocycles. The summed E-state index contributed by atoms with van der Waals surface area (Å²) in [5, 5.41) is 14.5. The summed E-state index contributed by atoms with van der Waals surface area (Å²) in [5.41, 5.74) is 4.32. The molecule has 3 fully saturated rings. The molecule has 2 bridgehead atoms. The van der Waals surface area contributed by atoms with Gasteiger partial charge >= 0.3 is 5.97 Å². The van der Waals surface area contributed by atoms with E-state index in [1.807, 2.05) is 12.1 Å². The summed E-state index contributed by atoms with van der Waals surface area (Å²) in [6.45, 7) is 2.62. The van der Waals surface area contributed by atoms with Crippen LogP contribution in [0, 0.1) is 6.92 Å². The van der Waals surface area contributed by atoms with Gasteiger partial charge in [0.15, 0.2) is 5.13 Å². The number of fused-ring (bicyclic) bond motifs is 2. The van der Waals surface area contributed by atoms with Crippen molar-refractivity contribution >= 4 is 22.4 Å². The maximum absolute atomic E-state index is 11.3. The van der Waals surface area contributed by atoms with Crippen molar-refractivity contribution in [1.82, 2.24) is 10.1 Å². The second-order valence-electron chi connectivity index (χ2n) is 9.47. The van der Waals surface area contributed by atoms with Gasteiger partial charge in [-0.15, -0.1) is 0 Å². The van der Waals surface area contributed by atoms with E-state index >= 15 is 0 Å². The number of rotatable bonds is 7. The van der Waals surface area contributed by atoms with E-state index in [2.05, 4.69) is 34.1 Å². The van der Waals surface area contributed by atoms with Gasteiger partial charge in [0.2, 0.25) is 0 Å². The summed E-state index contributed by atoms with van der Waals surface area (Å²) < 4.78 is 12.3. The van der Waals surface area contributed by atoms with Gasteiger partial charge in [0.1, 0.15) is 16.3 Å². The van der Waals surface area contributed by atoms with Gasteiger partial charge in [-0.25, -0.2) is 9.78 Å². The lowest BCUT2D eigenvalue weighted by atomic mass is 9.99. The minimum absolute atomic E-state index is 0.171. The largest absolute Gasteiger partial charge is 0.477 e. The van der Waals surface area contributed by atoms with Crippen LogP contribution in [0.1, 0.15) is 71.0 Å². The van der Waals surface area contributed by atoms with E-state index in [1.54, 1.807) is 0 Å². The van der Waals surface area contributed by atoms with E-state index in [-0.39, 0.29) is 6.10 Å². The van der Waals surface area contributed by atoms with Crippen molar-refractivity contribution in [3.05, 3.63) is 52.2 Å². The highest BCUT2D eigenvalue weighted by atomic mass is 32.1. The number of piperidine rings is 1. The van der Waals surface area contributed by atoms with Crippen molar-refractivity contribution in [2.75, 3.05) is 4.90 Å². The molecule has 0 radical (unpaired) electrons. The normalized spacial score (nSPS) is 24.4. The highest BCUT2D eigenvalue weighted by Crippen LogP contribution is 2.45. The number of thiazole rings is 1. The summed E-state index contributed by atoms with van der Waals surface area (Å²) in [6, 6.07) is 8.99. The second kappa shape index (κ2) is 8.25. The Kier molecular flexibility index (Phi) is 5.22. The number of hydrogen-bond acceptors (Lipinski definition) is 7. The quantitative estimate of drug-likeness (QED) is 0.500. The summed E-state index contributed by atoms with van der Waals surface area (Å²) in [6.07, 6.45) is 8.02. The standard InChI is InChI=1S/C25H27N3O4S/c1-14-4-2-3-5-19(14)22-20(23(32-27-22)15-6-7-15)13-31-18-10-16-8-9-17(11-18)28(16)25-26-12-21(33-25)24(29)30/h2-5,12,15-18H,6-11,13H2,1H3,(H,29,30)/t16-,17?,18?/m0/s1. The molecule has 0 spiro atoms. The molecule has 1 aromatic carbocycles. The molecule has 2 aromatic heterocycles. The SMILES string of the molecule is Cc1ccccc1-c1noc(C2CC2)c1COC1CC2CC[C@@H](C1)N2c1ncc(C(=O)O)s1. The fourth-order valence-electron chi connectivity index (χ4n) is 5.44. The molecule has 3 atom stereocenters. The third-order valence-corrected chi connectivity index (χ3v) is 8.24. The van der Waals surface area contributed by atoms with Crippen molar-refractivity contribution in [1.29, 1.82) is 0 Å².